The van der Waals surface area contributed by atoms with E-state index >= 15 is 0 Å². The maximum atomic E-state index is 12.5. The number of carbonyl (C=O) groups is 2. The van der Waals surface area contributed by atoms with E-state index in [9.17, 15) is 9.59 Å². The molecule has 0 spiro atoms. The van der Waals surface area contributed by atoms with Gasteiger partial charge in [0.05, 0.1) is 6.61 Å². The summed E-state index contributed by atoms with van der Waals surface area (Å²) in [7, 11) is 0. The highest BCUT2D eigenvalue weighted by Gasteiger charge is 2.54. The number of aryl methyl sites for hydroxylation is 2. The van der Waals surface area contributed by atoms with Gasteiger partial charge in [-0.25, -0.2) is 4.79 Å². The molecular weight excluding hydrogens is 352 g/mol. The molecule has 4 nitrogen and oxygen atoms in total. The summed E-state index contributed by atoms with van der Waals surface area (Å²) in [5.74, 6) is 2.38. The molecule has 4 atom stereocenters. The van der Waals surface area contributed by atoms with E-state index in [1.807, 2.05) is 13.8 Å². The van der Waals surface area contributed by atoms with Crippen molar-refractivity contribution in [1.82, 2.24) is 0 Å². The zero-order chi connectivity index (χ0) is 19.6. The van der Waals surface area contributed by atoms with Crippen LogP contribution in [0.2, 0.25) is 0 Å². The molecule has 1 aromatic carbocycles. The molecule has 0 N–H and O–H groups in total. The van der Waals surface area contributed by atoms with Crippen molar-refractivity contribution >= 4 is 22.7 Å². The molecule has 0 aliphatic heterocycles. The fourth-order valence-electron chi connectivity index (χ4n) is 6.51. The van der Waals surface area contributed by atoms with Crippen molar-refractivity contribution in [2.24, 2.45) is 17.3 Å². The largest absolute Gasteiger partial charge is 0.462 e. The Labute approximate surface area is 165 Å². The molecule has 0 radical (unpaired) electrons. The second-order valence-electron chi connectivity index (χ2n) is 9.13. The number of hydrogen-bond donors (Lipinski definition) is 0. The van der Waals surface area contributed by atoms with Crippen molar-refractivity contribution in [2.75, 3.05) is 6.61 Å². The first-order chi connectivity index (χ1) is 13.4. The Balaban J connectivity index is 1.59. The number of hydrogen-bond acceptors (Lipinski definition) is 4. The highest BCUT2D eigenvalue weighted by atomic mass is 16.5. The third kappa shape index (κ3) is 2.36. The van der Waals surface area contributed by atoms with E-state index in [1.165, 1.54) is 11.1 Å². The molecule has 2 fully saturated rings. The lowest BCUT2D eigenvalue weighted by molar-refractivity contribution is -0.129. The van der Waals surface area contributed by atoms with Gasteiger partial charge in [-0.2, -0.15) is 0 Å². The summed E-state index contributed by atoms with van der Waals surface area (Å²) in [5.41, 5.74) is 3.97. The van der Waals surface area contributed by atoms with Crippen molar-refractivity contribution < 1.29 is 18.7 Å². The van der Waals surface area contributed by atoms with Gasteiger partial charge in [-0.3, -0.25) is 4.79 Å². The van der Waals surface area contributed by atoms with Gasteiger partial charge in [0.15, 0.2) is 0 Å². The summed E-state index contributed by atoms with van der Waals surface area (Å²) in [6.45, 7) is 6.23. The predicted octanol–water partition coefficient (Wildman–Crippen LogP) is 5.34. The Bertz CT molecular complexity index is 984. The van der Waals surface area contributed by atoms with Crippen molar-refractivity contribution in [2.45, 2.75) is 65.2 Å². The number of carbonyl (C=O) groups excluding carboxylic acids is 2. The number of Topliss-reactive ketones (excluding diaryl/α,β-unsaturated/α-hetero) is 1. The summed E-state index contributed by atoms with van der Waals surface area (Å²) >= 11 is 0. The molecule has 0 bridgehead atoms. The smallest absolute Gasteiger partial charge is 0.342 e. The molecule has 1 heterocycles. The van der Waals surface area contributed by atoms with Crippen molar-refractivity contribution in [3.8, 4) is 0 Å². The highest BCUT2D eigenvalue weighted by molar-refractivity contribution is 6.05. The van der Waals surface area contributed by atoms with Crippen molar-refractivity contribution in [3.63, 3.8) is 0 Å². The number of ketones is 1. The standard InChI is InChI=1S/C24H28O4/c1-4-27-23(26)22-13(2)28-20-11-14-5-6-16-15(17(14)12-18(20)22)9-10-24(3)19(16)7-8-21(24)25/h11-12,15-16,19H,4-10H2,1-3H3/t15-,16+,19-,24-/m0/s1. The Morgan fingerprint density at radius 2 is 2.07 bits per heavy atom. The number of esters is 1. The van der Waals surface area contributed by atoms with Crippen LogP contribution in [0.3, 0.4) is 0 Å². The monoisotopic (exact) mass is 380 g/mol. The minimum Gasteiger partial charge on any atom is -0.462 e. The molecule has 4 heteroatoms. The molecule has 148 valence electrons. The second-order valence-corrected chi connectivity index (χ2v) is 9.13. The van der Waals surface area contributed by atoms with Gasteiger partial charge in [0.1, 0.15) is 22.7 Å². The number of benzene rings is 1. The molecular formula is C24H28O4. The summed E-state index contributed by atoms with van der Waals surface area (Å²) in [6.07, 6.45) is 6.04. The van der Waals surface area contributed by atoms with Crippen LogP contribution < -0.4 is 0 Å². The lowest BCUT2D eigenvalue weighted by Crippen LogP contribution is -2.42. The summed E-state index contributed by atoms with van der Waals surface area (Å²) < 4.78 is 11.2. The van der Waals surface area contributed by atoms with Crippen LogP contribution >= 0.6 is 0 Å². The third-order valence-electron chi connectivity index (χ3n) is 7.90. The van der Waals surface area contributed by atoms with E-state index in [-0.39, 0.29) is 11.4 Å². The third-order valence-corrected chi connectivity index (χ3v) is 7.90. The summed E-state index contributed by atoms with van der Waals surface area (Å²) in [4.78, 5) is 25.0. The van der Waals surface area contributed by atoms with E-state index in [4.69, 9.17) is 9.15 Å². The fraction of sp³-hybridized carbons (Fsp3) is 0.583. The Hall–Kier alpha value is -2.10. The molecule has 5 rings (SSSR count). The quantitative estimate of drug-likeness (QED) is 0.660. The average Bonchev–Trinajstić information content (AvgIpc) is 3.15. The molecule has 3 aliphatic rings. The van der Waals surface area contributed by atoms with E-state index in [0.29, 0.717) is 41.5 Å². The van der Waals surface area contributed by atoms with Gasteiger partial charge < -0.3 is 9.15 Å². The average molecular weight is 380 g/mol. The van der Waals surface area contributed by atoms with Gasteiger partial charge in [-0.1, -0.05) is 6.92 Å². The molecule has 0 unspecified atom stereocenters. The minimum absolute atomic E-state index is 0.106. The van der Waals surface area contributed by atoms with Gasteiger partial charge in [-0.05, 0) is 87.0 Å². The van der Waals surface area contributed by atoms with E-state index in [1.54, 1.807) is 0 Å². The van der Waals surface area contributed by atoms with Gasteiger partial charge in [0.2, 0.25) is 0 Å². The van der Waals surface area contributed by atoms with Crippen LogP contribution in [-0.2, 0) is 16.0 Å². The maximum absolute atomic E-state index is 12.5. The molecule has 1 aromatic heterocycles. The number of furan rings is 1. The first-order valence-corrected chi connectivity index (χ1v) is 10.7. The summed E-state index contributed by atoms with van der Waals surface area (Å²) in [5, 5.41) is 0.881. The molecule has 0 amide bonds. The molecule has 28 heavy (non-hydrogen) atoms. The van der Waals surface area contributed by atoms with Crippen LogP contribution in [0, 0.1) is 24.2 Å². The first-order valence-electron chi connectivity index (χ1n) is 10.7. The zero-order valence-corrected chi connectivity index (χ0v) is 17.0. The van der Waals surface area contributed by atoms with Gasteiger partial charge in [0, 0.05) is 17.2 Å². The van der Waals surface area contributed by atoms with E-state index in [0.717, 1.165) is 49.5 Å². The Morgan fingerprint density at radius 3 is 2.86 bits per heavy atom. The summed E-state index contributed by atoms with van der Waals surface area (Å²) in [6, 6.07) is 4.34. The van der Waals surface area contributed by atoms with Gasteiger partial charge >= 0.3 is 5.97 Å². The first kappa shape index (κ1) is 18.0. The van der Waals surface area contributed by atoms with Crippen LogP contribution in [0.1, 0.15) is 79.1 Å². The highest BCUT2D eigenvalue weighted by Crippen LogP contribution is 2.59. The van der Waals surface area contributed by atoms with Crippen molar-refractivity contribution in [3.05, 3.63) is 34.6 Å². The van der Waals surface area contributed by atoms with Crippen LogP contribution in [0.5, 0.6) is 0 Å². The lowest BCUT2D eigenvalue weighted by atomic mass is 9.55. The van der Waals surface area contributed by atoms with Crippen LogP contribution in [0.4, 0.5) is 0 Å². The number of rotatable bonds is 2. The number of fused-ring (bicyclic) bond motifs is 6. The van der Waals surface area contributed by atoms with Crippen LogP contribution in [0.15, 0.2) is 16.5 Å². The molecule has 3 aliphatic carbocycles. The molecule has 0 saturated heterocycles. The predicted molar refractivity (Wildman–Crippen MR) is 107 cm³/mol. The Morgan fingerprint density at radius 1 is 1.25 bits per heavy atom. The van der Waals surface area contributed by atoms with Crippen molar-refractivity contribution in [1.29, 1.82) is 0 Å². The topological polar surface area (TPSA) is 56.5 Å². The zero-order valence-electron chi connectivity index (χ0n) is 17.0. The SMILES string of the molecule is CCOC(=O)c1c(C)oc2cc3c(cc12)[C@H]1CC[C@]2(C)C(=O)CC[C@H]2[C@@H]1CC3. The second kappa shape index (κ2) is 6.20. The number of ether oxygens (including phenoxy) is 1. The Kier molecular flexibility index (Phi) is 3.98. The van der Waals surface area contributed by atoms with Gasteiger partial charge in [-0.15, -0.1) is 0 Å². The van der Waals surface area contributed by atoms with E-state index < -0.39 is 0 Å². The molecule has 2 saturated carbocycles. The molecule has 2 aromatic rings. The lowest BCUT2D eigenvalue weighted by Gasteiger charge is -2.48. The van der Waals surface area contributed by atoms with E-state index in [2.05, 4.69) is 19.1 Å². The maximum Gasteiger partial charge on any atom is 0.342 e. The van der Waals surface area contributed by atoms with Gasteiger partial charge in [0.25, 0.3) is 0 Å². The van der Waals surface area contributed by atoms with Crippen LogP contribution in [-0.4, -0.2) is 18.4 Å². The van der Waals surface area contributed by atoms with Crippen LogP contribution in [0.25, 0.3) is 11.0 Å². The normalized spacial score (nSPS) is 31.4. The fourth-order valence-corrected chi connectivity index (χ4v) is 6.51. The minimum atomic E-state index is -0.302.